The summed E-state index contributed by atoms with van der Waals surface area (Å²) in [4.78, 5) is 41.9. The number of H-pyrrole nitrogens is 1. The zero-order chi connectivity index (χ0) is 24.2. The van der Waals surface area contributed by atoms with Crippen LogP contribution in [-0.2, 0) is 14.4 Å². The van der Waals surface area contributed by atoms with Gasteiger partial charge in [-0.25, -0.2) is 4.39 Å². The molecule has 1 saturated heterocycles. The molecule has 9 nitrogen and oxygen atoms in total. The number of hydrogen-bond acceptors (Lipinski definition) is 5. The number of carbonyl (C=O) groups excluding carboxylic acids is 1. The number of anilines is 2. The molecular formula is C24H25FN4O5. The van der Waals surface area contributed by atoms with Crippen molar-refractivity contribution in [2.45, 2.75) is 18.9 Å². The molecule has 1 atom stereocenters. The molecule has 0 aliphatic carbocycles. The molecule has 4 N–H and O–H groups in total. The first-order valence-corrected chi connectivity index (χ1v) is 10.9. The third-order valence-corrected chi connectivity index (χ3v) is 5.96. The topological polar surface area (TPSA) is 126 Å². The van der Waals surface area contributed by atoms with Crippen molar-refractivity contribution in [3.63, 3.8) is 0 Å². The first kappa shape index (κ1) is 23.2. The Kier molecular flexibility index (Phi) is 6.78. The van der Waals surface area contributed by atoms with Crippen molar-refractivity contribution in [1.29, 1.82) is 0 Å². The SMILES string of the molecule is O=C(O)CCC(=O)Nc1ccc2c([C@@H](C(=O)O)N3CCN(c4ccc(F)cc4)CC3)c[nH]c2c1. The number of amides is 1. The molecule has 0 radical (unpaired) electrons. The number of aromatic amines is 1. The molecule has 4 rings (SSSR count). The van der Waals surface area contributed by atoms with Crippen LogP contribution in [0, 0.1) is 5.82 Å². The van der Waals surface area contributed by atoms with Crippen LogP contribution < -0.4 is 10.2 Å². The van der Waals surface area contributed by atoms with E-state index in [1.165, 1.54) is 12.1 Å². The first-order valence-electron chi connectivity index (χ1n) is 10.9. The Hall–Kier alpha value is -3.92. The van der Waals surface area contributed by atoms with E-state index in [0.717, 1.165) is 11.1 Å². The van der Waals surface area contributed by atoms with Crippen LogP contribution in [0.4, 0.5) is 15.8 Å². The van der Waals surface area contributed by atoms with E-state index in [1.54, 1.807) is 36.5 Å². The van der Waals surface area contributed by atoms with Gasteiger partial charge in [0, 0.05) is 66.6 Å². The lowest BCUT2D eigenvalue weighted by Gasteiger charge is -2.38. The fourth-order valence-corrected chi connectivity index (χ4v) is 4.27. The average Bonchev–Trinajstić information content (AvgIpc) is 3.21. The third kappa shape index (κ3) is 5.18. The van der Waals surface area contributed by atoms with Crippen molar-refractivity contribution in [2.24, 2.45) is 0 Å². The molecule has 0 saturated carbocycles. The zero-order valence-corrected chi connectivity index (χ0v) is 18.3. The van der Waals surface area contributed by atoms with Crippen LogP contribution in [0.15, 0.2) is 48.7 Å². The molecule has 10 heteroatoms. The Morgan fingerprint density at radius 3 is 2.35 bits per heavy atom. The normalized spacial score (nSPS) is 15.3. The Morgan fingerprint density at radius 1 is 1.00 bits per heavy atom. The Bertz CT molecular complexity index is 1200. The Balaban J connectivity index is 1.47. The average molecular weight is 468 g/mol. The molecule has 3 aromatic rings. The predicted molar refractivity (Wildman–Crippen MR) is 124 cm³/mol. The second-order valence-corrected chi connectivity index (χ2v) is 8.19. The van der Waals surface area contributed by atoms with E-state index in [1.807, 2.05) is 4.90 Å². The molecule has 1 aromatic heterocycles. The Morgan fingerprint density at radius 2 is 1.71 bits per heavy atom. The maximum atomic E-state index is 13.2. The second-order valence-electron chi connectivity index (χ2n) is 8.19. The molecule has 1 aliphatic rings. The van der Waals surface area contributed by atoms with Crippen molar-refractivity contribution in [3.05, 3.63) is 60.0 Å². The summed E-state index contributed by atoms with van der Waals surface area (Å²) < 4.78 is 13.2. The first-order chi connectivity index (χ1) is 16.3. The van der Waals surface area contributed by atoms with Crippen molar-refractivity contribution >= 4 is 40.1 Å². The molecule has 0 spiro atoms. The maximum absolute atomic E-state index is 13.2. The summed E-state index contributed by atoms with van der Waals surface area (Å²) in [5, 5.41) is 22.1. The van der Waals surface area contributed by atoms with E-state index in [0.29, 0.717) is 42.9 Å². The van der Waals surface area contributed by atoms with Gasteiger partial charge in [-0.05, 0) is 36.4 Å². The Labute approximate surface area is 194 Å². The minimum atomic E-state index is -1.04. The quantitative estimate of drug-likeness (QED) is 0.400. The molecule has 2 heterocycles. The third-order valence-electron chi connectivity index (χ3n) is 5.96. The highest BCUT2D eigenvalue weighted by Crippen LogP contribution is 2.31. The molecule has 1 aliphatic heterocycles. The summed E-state index contributed by atoms with van der Waals surface area (Å²) in [5.41, 5.74) is 2.69. The number of nitrogens with one attached hydrogen (secondary N) is 2. The summed E-state index contributed by atoms with van der Waals surface area (Å²) in [6.45, 7) is 2.28. The van der Waals surface area contributed by atoms with Gasteiger partial charge in [0.25, 0.3) is 0 Å². The summed E-state index contributed by atoms with van der Waals surface area (Å²) in [7, 11) is 0. The second kappa shape index (κ2) is 9.92. The van der Waals surface area contributed by atoms with Crippen molar-refractivity contribution < 1.29 is 29.0 Å². The molecular weight excluding hydrogens is 443 g/mol. The lowest BCUT2D eigenvalue weighted by molar-refractivity contribution is -0.143. The number of piperazine rings is 1. The van der Waals surface area contributed by atoms with E-state index >= 15 is 0 Å². The van der Waals surface area contributed by atoms with Gasteiger partial charge in [0.05, 0.1) is 6.42 Å². The summed E-state index contributed by atoms with van der Waals surface area (Å²) in [5.74, 6) is -2.70. The molecule has 0 bridgehead atoms. The number of benzene rings is 2. The van der Waals surface area contributed by atoms with Crippen LogP contribution in [0.3, 0.4) is 0 Å². The van der Waals surface area contributed by atoms with Gasteiger partial charge >= 0.3 is 11.9 Å². The van der Waals surface area contributed by atoms with Crippen molar-refractivity contribution in [3.8, 4) is 0 Å². The maximum Gasteiger partial charge on any atom is 0.325 e. The summed E-state index contributed by atoms with van der Waals surface area (Å²) >= 11 is 0. The van der Waals surface area contributed by atoms with Gasteiger partial charge < -0.3 is 25.4 Å². The molecule has 1 amide bonds. The van der Waals surface area contributed by atoms with Gasteiger partial charge in [0.15, 0.2) is 0 Å². The summed E-state index contributed by atoms with van der Waals surface area (Å²) in [6, 6.07) is 10.5. The number of nitrogens with zero attached hydrogens (tertiary/aromatic N) is 2. The van der Waals surface area contributed by atoms with Gasteiger partial charge in [-0.3, -0.25) is 19.3 Å². The number of hydrogen-bond donors (Lipinski definition) is 4. The van der Waals surface area contributed by atoms with E-state index in [9.17, 15) is 23.9 Å². The fraction of sp³-hybridized carbons (Fsp3) is 0.292. The van der Waals surface area contributed by atoms with Gasteiger partial charge in [-0.1, -0.05) is 6.07 Å². The van der Waals surface area contributed by atoms with Gasteiger partial charge in [-0.2, -0.15) is 0 Å². The molecule has 2 aromatic carbocycles. The minimum Gasteiger partial charge on any atom is -0.481 e. The summed E-state index contributed by atoms with van der Waals surface area (Å²) in [6.07, 6.45) is 1.29. The van der Waals surface area contributed by atoms with Crippen LogP contribution in [0.5, 0.6) is 0 Å². The zero-order valence-electron chi connectivity index (χ0n) is 18.3. The van der Waals surface area contributed by atoms with Gasteiger partial charge in [0.2, 0.25) is 5.91 Å². The number of rotatable bonds is 8. The molecule has 1 fully saturated rings. The van der Waals surface area contributed by atoms with E-state index in [-0.39, 0.29) is 18.7 Å². The van der Waals surface area contributed by atoms with Gasteiger partial charge in [-0.15, -0.1) is 0 Å². The van der Waals surface area contributed by atoms with Crippen LogP contribution in [0.1, 0.15) is 24.4 Å². The van der Waals surface area contributed by atoms with E-state index in [4.69, 9.17) is 5.11 Å². The van der Waals surface area contributed by atoms with E-state index in [2.05, 4.69) is 15.2 Å². The highest BCUT2D eigenvalue weighted by Gasteiger charge is 2.32. The van der Waals surface area contributed by atoms with Crippen LogP contribution in [-0.4, -0.2) is 64.1 Å². The van der Waals surface area contributed by atoms with Crippen molar-refractivity contribution in [2.75, 3.05) is 36.4 Å². The number of carboxylic acids is 2. The van der Waals surface area contributed by atoms with Crippen molar-refractivity contribution in [1.82, 2.24) is 9.88 Å². The van der Waals surface area contributed by atoms with E-state index < -0.39 is 23.9 Å². The smallest absolute Gasteiger partial charge is 0.325 e. The monoisotopic (exact) mass is 468 g/mol. The highest BCUT2D eigenvalue weighted by atomic mass is 19.1. The van der Waals surface area contributed by atoms with Crippen LogP contribution in [0.2, 0.25) is 0 Å². The minimum absolute atomic E-state index is 0.131. The predicted octanol–water partition coefficient (Wildman–Crippen LogP) is 3.06. The number of aliphatic carboxylic acids is 2. The lowest BCUT2D eigenvalue weighted by Crippen LogP contribution is -2.49. The lowest BCUT2D eigenvalue weighted by atomic mass is 10.0. The molecule has 0 unspecified atom stereocenters. The van der Waals surface area contributed by atoms with Gasteiger partial charge in [0.1, 0.15) is 11.9 Å². The largest absolute Gasteiger partial charge is 0.481 e. The standard InChI is InChI=1S/C24H25FN4O5/c25-15-1-4-17(5-2-15)28-9-11-29(12-10-28)23(24(33)34)19-14-26-20-13-16(3-6-18(19)20)27-21(30)7-8-22(31)32/h1-6,13-14,23,26H,7-12H2,(H,27,30)(H,31,32)(H,33,34)/t23-/m0/s1. The molecule has 34 heavy (non-hydrogen) atoms. The number of aromatic nitrogens is 1. The van der Waals surface area contributed by atoms with Crippen LogP contribution >= 0.6 is 0 Å². The van der Waals surface area contributed by atoms with Crippen LogP contribution in [0.25, 0.3) is 10.9 Å². The molecule has 178 valence electrons. The number of fused-ring (bicyclic) bond motifs is 1. The highest BCUT2D eigenvalue weighted by molar-refractivity contribution is 5.96. The number of carbonyl (C=O) groups is 3. The number of carboxylic acid groups (broad SMARTS) is 2. The number of halogens is 1. The fourth-order valence-electron chi connectivity index (χ4n) is 4.27.